The smallest absolute Gasteiger partial charge is 0.241 e. The van der Waals surface area contributed by atoms with Gasteiger partial charge < -0.3 is 25.2 Å². The first-order valence-corrected chi connectivity index (χ1v) is 25.8. The lowest BCUT2D eigenvalue weighted by atomic mass is 9.75. The molecule has 1 aliphatic carbocycles. The third-order valence-corrected chi connectivity index (χ3v) is 15.4. The molecule has 12 heteroatoms. The number of fused-ring (bicyclic) bond motifs is 1. The number of amides is 2. The van der Waals surface area contributed by atoms with E-state index in [9.17, 15) is 23.1 Å². The van der Waals surface area contributed by atoms with Gasteiger partial charge in [0.1, 0.15) is 6.04 Å². The van der Waals surface area contributed by atoms with Gasteiger partial charge in [-0.15, -0.1) is 0 Å². The Balaban J connectivity index is 0.997. The minimum atomic E-state index is -3.98. The quantitative estimate of drug-likeness (QED) is 0.0814. The third-order valence-electron chi connectivity index (χ3n) is 14.0. The molecule has 2 aliphatic heterocycles. The molecule has 5 aromatic rings. The largest absolute Gasteiger partial charge is 0.392 e. The number of rotatable bonds is 15. The van der Waals surface area contributed by atoms with Crippen LogP contribution in [0, 0.1) is 18.8 Å². The average Bonchev–Trinajstić information content (AvgIpc) is 3.33. The highest BCUT2D eigenvalue weighted by atomic mass is 32.2. The summed E-state index contributed by atoms with van der Waals surface area (Å²) in [7, 11) is -3.98. The number of carbonyl (C=O) groups excluding carboxylic acids is 2. The van der Waals surface area contributed by atoms with Crippen molar-refractivity contribution < 1.29 is 32.6 Å². The van der Waals surface area contributed by atoms with Gasteiger partial charge in [-0.25, -0.2) is 8.42 Å². The minimum absolute atomic E-state index is 0.0361. The Hall–Kier alpha value is -5.21. The number of carbonyl (C=O) groups is 2. The Kier molecular flexibility index (Phi) is 15.6. The lowest BCUT2D eigenvalue weighted by Gasteiger charge is -2.51. The highest BCUT2D eigenvalue weighted by Crippen LogP contribution is 2.44. The fourth-order valence-corrected chi connectivity index (χ4v) is 11.5. The first-order chi connectivity index (χ1) is 32.6. The van der Waals surface area contributed by atoms with Crippen LogP contribution in [0.2, 0.25) is 0 Å². The van der Waals surface area contributed by atoms with E-state index < -0.39 is 28.3 Å². The molecule has 1 saturated carbocycles. The minimum Gasteiger partial charge on any atom is -0.392 e. The molecule has 5 aromatic carbocycles. The molecular weight excluding hydrogens is 873 g/mol. The molecule has 0 bridgehead atoms. The number of aliphatic hydroxyl groups is 1. The van der Waals surface area contributed by atoms with Crippen LogP contribution in [0.4, 0.5) is 0 Å². The summed E-state index contributed by atoms with van der Waals surface area (Å²) in [5, 5.41) is 16.1. The number of hydrogen-bond acceptors (Lipinski definition) is 8. The fourth-order valence-electron chi connectivity index (χ4n) is 10.3. The summed E-state index contributed by atoms with van der Waals surface area (Å²) in [4.78, 5) is 30.4. The van der Waals surface area contributed by atoms with Crippen LogP contribution in [0.5, 0.6) is 0 Å². The van der Waals surface area contributed by atoms with Gasteiger partial charge in [-0.1, -0.05) is 135 Å². The Morgan fingerprint density at radius 1 is 0.765 bits per heavy atom. The number of nitrogens with zero attached hydrogens (tertiary/aromatic N) is 1. The maximum Gasteiger partial charge on any atom is 0.241 e. The van der Waals surface area contributed by atoms with Crippen LogP contribution in [0.25, 0.3) is 11.1 Å². The Bertz CT molecular complexity index is 2580. The number of sulfonamides is 1. The van der Waals surface area contributed by atoms with Crippen molar-refractivity contribution in [3.63, 3.8) is 0 Å². The van der Waals surface area contributed by atoms with E-state index in [1.54, 1.807) is 24.3 Å². The summed E-state index contributed by atoms with van der Waals surface area (Å²) >= 11 is 0. The summed E-state index contributed by atoms with van der Waals surface area (Å²) in [6, 6.07) is 39.1. The maximum atomic E-state index is 14.0. The van der Waals surface area contributed by atoms with Crippen molar-refractivity contribution in [3.05, 3.63) is 161 Å². The van der Waals surface area contributed by atoms with Crippen LogP contribution >= 0.6 is 0 Å². The molecule has 2 saturated heterocycles. The van der Waals surface area contributed by atoms with E-state index in [1.807, 2.05) is 119 Å². The molecule has 8 rings (SSSR count). The molecule has 360 valence electrons. The van der Waals surface area contributed by atoms with E-state index in [-0.39, 0.29) is 60.1 Å². The zero-order valence-corrected chi connectivity index (χ0v) is 40.9. The summed E-state index contributed by atoms with van der Waals surface area (Å²) < 4.78 is 43.5. The fraction of sp³-hybridized carbons (Fsp3) is 0.429. The van der Waals surface area contributed by atoms with Crippen molar-refractivity contribution in [2.75, 3.05) is 6.54 Å². The molecule has 11 nitrogen and oxygen atoms in total. The SMILES string of the molecule is Cc1ccc(S(=O)(=O)NC(Cc2ccccc2)C(=O)NCc2cccc(-c3ccc(C4OC(CN5C(C(=O)NC(C)(C)C)CCC6CCCCC65)C(C)C(c5ccc(CO)cc5)O4)cc3)c2)cc1. The number of aliphatic hydroxyl groups excluding tert-OH is 1. The average molecular weight is 941 g/mol. The molecule has 8 unspecified atom stereocenters. The van der Waals surface area contributed by atoms with Crippen LogP contribution in [0.1, 0.15) is 112 Å². The van der Waals surface area contributed by atoms with Crippen molar-refractivity contribution in [3.8, 4) is 11.1 Å². The molecule has 0 aromatic heterocycles. The molecule has 2 amide bonds. The zero-order chi connectivity index (χ0) is 48.0. The molecule has 0 radical (unpaired) electrons. The Morgan fingerprint density at radius 3 is 2.16 bits per heavy atom. The van der Waals surface area contributed by atoms with Crippen LogP contribution < -0.4 is 15.4 Å². The van der Waals surface area contributed by atoms with Gasteiger partial charge in [0.15, 0.2) is 6.29 Å². The van der Waals surface area contributed by atoms with Gasteiger partial charge in [-0.05, 0) is 117 Å². The molecule has 3 fully saturated rings. The molecule has 0 spiro atoms. The van der Waals surface area contributed by atoms with Gasteiger partial charge in [0, 0.05) is 36.2 Å². The number of nitrogens with one attached hydrogen (secondary N) is 3. The van der Waals surface area contributed by atoms with Crippen molar-refractivity contribution >= 4 is 21.8 Å². The highest BCUT2D eigenvalue weighted by molar-refractivity contribution is 7.89. The van der Waals surface area contributed by atoms with Gasteiger partial charge in [0.25, 0.3) is 0 Å². The molecule has 68 heavy (non-hydrogen) atoms. The third kappa shape index (κ3) is 12.1. The van der Waals surface area contributed by atoms with Crippen LogP contribution in [0.15, 0.2) is 132 Å². The number of piperidine rings is 1. The van der Waals surface area contributed by atoms with Gasteiger partial charge >= 0.3 is 0 Å². The first-order valence-electron chi connectivity index (χ1n) is 24.3. The highest BCUT2D eigenvalue weighted by Gasteiger charge is 2.46. The normalized spacial score (nSPS) is 23.8. The van der Waals surface area contributed by atoms with Crippen LogP contribution in [-0.4, -0.2) is 66.6 Å². The van der Waals surface area contributed by atoms with Gasteiger partial charge in [-0.2, -0.15) is 4.72 Å². The van der Waals surface area contributed by atoms with E-state index in [2.05, 4.69) is 39.3 Å². The second-order valence-electron chi connectivity index (χ2n) is 20.2. The number of ether oxygens (including phenoxy) is 2. The van der Waals surface area contributed by atoms with Crippen molar-refractivity contribution in [2.45, 2.75) is 140 Å². The summed E-state index contributed by atoms with van der Waals surface area (Å²) in [5.41, 5.74) is 6.93. The number of benzene rings is 5. The van der Waals surface area contributed by atoms with E-state index in [0.29, 0.717) is 18.5 Å². The number of aryl methyl sites for hydroxylation is 1. The van der Waals surface area contributed by atoms with Gasteiger partial charge in [0.05, 0.1) is 29.8 Å². The molecule has 4 N–H and O–H groups in total. The van der Waals surface area contributed by atoms with Crippen LogP contribution in [-0.2, 0) is 48.7 Å². The second kappa shape index (κ2) is 21.6. The molecule has 2 heterocycles. The predicted molar refractivity (Wildman–Crippen MR) is 265 cm³/mol. The molecular formula is C56H68N4O7S. The van der Waals surface area contributed by atoms with E-state index in [1.165, 1.54) is 12.8 Å². The van der Waals surface area contributed by atoms with E-state index in [4.69, 9.17) is 9.47 Å². The van der Waals surface area contributed by atoms with Gasteiger partial charge in [0.2, 0.25) is 21.8 Å². The van der Waals surface area contributed by atoms with Crippen LogP contribution in [0.3, 0.4) is 0 Å². The predicted octanol–water partition coefficient (Wildman–Crippen LogP) is 9.09. The van der Waals surface area contributed by atoms with Gasteiger partial charge in [-0.3, -0.25) is 14.5 Å². The zero-order valence-electron chi connectivity index (χ0n) is 40.1. The molecule has 3 aliphatic rings. The van der Waals surface area contributed by atoms with Crippen molar-refractivity contribution in [1.82, 2.24) is 20.3 Å². The lowest BCUT2D eigenvalue weighted by Crippen LogP contribution is -2.61. The monoisotopic (exact) mass is 940 g/mol. The van der Waals surface area contributed by atoms with Crippen molar-refractivity contribution in [1.29, 1.82) is 0 Å². The Morgan fingerprint density at radius 2 is 1.46 bits per heavy atom. The maximum absolute atomic E-state index is 14.0. The summed E-state index contributed by atoms with van der Waals surface area (Å²) in [5.74, 6) is 0.194. The standard InChI is InChI=1S/C56H68N4O7S/c1-37-18-29-47(30-19-37)68(64,65)59-48(33-39-12-7-6-8-13-39)53(62)57-34-41-14-11-16-46(32-41)42-24-26-45(27-25-42)55-66-51(38(2)52(67-55)44-22-20-40(36-61)21-23-44)35-60-49-17-10-9-15-43(49)28-31-50(60)54(63)58-56(3,4)5/h6-8,11-14,16,18-27,29-30,32,38,43,48-52,55,59,61H,9-10,15,17,28,31,33-36H2,1-5H3,(H,57,62)(H,58,63). The van der Waals surface area contributed by atoms with Crippen molar-refractivity contribution in [2.24, 2.45) is 11.8 Å². The number of likely N-dealkylation sites (tertiary alicyclic amines) is 1. The number of hydrogen-bond donors (Lipinski definition) is 4. The summed E-state index contributed by atoms with van der Waals surface area (Å²) in [6.07, 6.45) is 5.55. The summed E-state index contributed by atoms with van der Waals surface area (Å²) in [6.45, 7) is 11.0. The Labute approximate surface area is 403 Å². The molecule has 8 atom stereocenters. The second-order valence-corrected chi connectivity index (χ2v) is 21.9. The van der Waals surface area contributed by atoms with E-state index in [0.717, 1.165) is 70.2 Å². The van der Waals surface area contributed by atoms with E-state index >= 15 is 0 Å². The first kappa shape index (κ1) is 49.2. The lowest BCUT2D eigenvalue weighted by molar-refractivity contribution is -0.278. The topological polar surface area (TPSA) is 146 Å².